The average Bonchev–Trinajstić information content (AvgIpc) is 2.61. The molecular weight excluding hydrogens is 292 g/mol. The van der Waals surface area contributed by atoms with Gasteiger partial charge in [0.05, 0.1) is 0 Å². The Morgan fingerprint density at radius 2 is 1.75 bits per heavy atom. The van der Waals surface area contributed by atoms with Gasteiger partial charge >= 0.3 is 0 Å². The van der Waals surface area contributed by atoms with Gasteiger partial charge in [-0.15, -0.1) is 0 Å². The van der Waals surface area contributed by atoms with Crippen LogP contribution in [0.2, 0.25) is 0 Å². The van der Waals surface area contributed by atoms with Crippen molar-refractivity contribution in [1.29, 1.82) is 0 Å². The minimum Gasteiger partial charge on any atom is -0.329 e. The van der Waals surface area contributed by atoms with E-state index in [1.807, 2.05) is 30.3 Å². The summed E-state index contributed by atoms with van der Waals surface area (Å²) in [4.78, 5) is 7.22. The van der Waals surface area contributed by atoms with Crippen LogP contribution in [0.3, 0.4) is 0 Å². The zero-order valence-electron chi connectivity index (χ0n) is 14.0. The van der Waals surface area contributed by atoms with Crippen molar-refractivity contribution in [3.8, 4) is 11.8 Å². The highest BCUT2D eigenvalue weighted by Gasteiger charge is 2.21. The minimum absolute atomic E-state index is 1.00. The molecule has 120 valence electrons. The van der Waals surface area contributed by atoms with Gasteiger partial charge in [0.1, 0.15) is 5.84 Å². The van der Waals surface area contributed by atoms with E-state index in [1.165, 1.54) is 43.4 Å². The standard InChI is InChI=1S/C22H22N2/c1-2-7-11-21-20(10-6-1)17-24-15-14-19(16-22(24)23-21)13-12-18-8-4-3-5-9-18/h3-5,8-9,14-16H,1-2,6-7,10-11,17H2. The van der Waals surface area contributed by atoms with Crippen molar-refractivity contribution in [3.63, 3.8) is 0 Å². The molecule has 2 aliphatic heterocycles. The van der Waals surface area contributed by atoms with E-state index in [2.05, 4.69) is 35.1 Å². The number of benzene rings is 1. The Bertz CT molecular complexity index is 797. The van der Waals surface area contributed by atoms with Crippen molar-refractivity contribution < 1.29 is 0 Å². The van der Waals surface area contributed by atoms with Crippen molar-refractivity contribution in [2.45, 2.75) is 38.5 Å². The first-order chi connectivity index (χ1) is 11.9. The lowest BCUT2D eigenvalue weighted by molar-refractivity contribution is 0.530. The van der Waals surface area contributed by atoms with Crippen molar-refractivity contribution in [1.82, 2.24) is 4.90 Å². The third-order valence-corrected chi connectivity index (χ3v) is 4.80. The number of allylic oxidation sites excluding steroid dienone is 3. The number of amidine groups is 1. The maximum atomic E-state index is 4.96. The van der Waals surface area contributed by atoms with Crippen LogP contribution < -0.4 is 0 Å². The molecule has 2 heterocycles. The Labute approximate surface area is 144 Å². The van der Waals surface area contributed by atoms with E-state index < -0.39 is 0 Å². The highest BCUT2D eigenvalue weighted by molar-refractivity contribution is 5.98. The zero-order valence-corrected chi connectivity index (χ0v) is 14.0. The molecule has 0 N–H and O–H groups in total. The molecule has 0 saturated heterocycles. The Balaban J connectivity index is 1.59. The summed E-state index contributed by atoms with van der Waals surface area (Å²) in [5.41, 5.74) is 4.95. The molecule has 2 nitrogen and oxygen atoms in total. The summed E-state index contributed by atoms with van der Waals surface area (Å²) in [6, 6.07) is 10.1. The number of rotatable bonds is 0. The van der Waals surface area contributed by atoms with E-state index in [4.69, 9.17) is 4.99 Å². The molecule has 0 atom stereocenters. The molecule has 24 heavy (non-hydrogen) atoms. The molecule has 0 aromatic heterocycles. The molecule has 4 rings (SSSR count). The summed E-state index contributed by atoms with van der Waals surface area (Å²) in [6.45, 7) is 1.00. The van der Waals surface area contributed by atoms with Crippen molar-refractivity contribution in [2.24, 2.45) is 4.99 Å². The molecule has 0 unspecified atom stereocenters. The van der Waals surface area contributed by atoms with E-state index in [1.54, 1.807) is 0 Å². The number of nitrogens with zero attached hydrogens (tertiary/aromatic N) is 2. The van der Waals surface area contributed by atoms with Gasteiger partial charge in [-0.2, -0.15) is 0 Å². The fourth-order valence-electron chi connectivity index (χ4n) is 3.45. The molecule has 0 saturated carbocycles. The molecule has 0 radical (unpaired) electrons. The minimum atomic E-state index is 1.00. The summed E-state index contributed by atoms with van der Waals surface area (Å²) in [6.07, 6.45) is 14.0. The van der Waals surface area contributed by atoms with Gasteiger partial charge in [-0.1, -0.05) is 42.9 Å². The van der Waals surface area contributed by atoms with Crippen LogP contribution in [-0.4, -0.2) is 17.3 Å². The fourth-order valence-corrected chi connectivity index (χ4v) is 3.45. The molecule has 0 fully saturated rings. The van der Waals surface area contributed by atoms with Gasteiger partial charge in [-0.25, -0.2) is 4.99 Å². The first-order valence-corrected chi connectivity index (χ1v) is 8.92. The average molecular weight is 314 g/mol. The largest absolute Gasteiger partial charge is 0.329 e. The van der Waals surface area contributed by atoms with Crippen LogP contribution >= 0.6 is 0 Å². The second kappa shape index (κ2) is 6.93. The molecule has 1 aromatic rings. The fraction of sp³-hybridized carbons (Fsp3) is 0.318. The van der Waals surface area contributed by atoms with Gasteiger partial charge in [0.2, 0.25) is 0 Å². The van der Waals surface area contributed by atoms with Crippen LogP contribution in [0.15, 0.2) is 70.5 Å². The van der Waals surface area contributed by atoms with Crippen LogP contribution in [0, 0.1) is 11.8 Å². The molecular formula is C22H22N2. The smallest absolute Gasteiger partial charge is 0.134 e. The van der Waals surface area contributed by atoms with Gasteiger partial charge in [0, 0.05) is 29.6 Å². The van der Waals surface area contributed by atoms with E-state index in [0.717, 1.165) is 29.9 Å². The molecule has 1 aromatic carbocycles. The summed E-state index contributed by atoms with van der Waals surface area (Å²) in [5, 5.41) is 0. The predicted octanol–water partition coefficient (Wildman–Crippen LogP) is 4.81. The molecule has 3 aliphatic rings. The van der Waals surface area contributed by atoms with Crippen LogP contribution in [0.5, 0.6) is 0 Å². The van der Waals surface area contributed by atoms with E-state index in [9.17, 15) is 0 Å². The zero-order chi connectivity index (χ0) is 16.2. The summed E-state index contributed by atoms with van der Waals surface area (Å²) < 4.78 is 0. The monoisotopic (exact) mass is 314 g/mol. The third kappa shape index (κ3) is 3.36. The quantitative estimate of drug-likeness (QED) is 0.627. The molecule has 0 spiro atoms. The Kier molecular flexibility index (Phi) is 4.34. The lowest BCUT2D eigenvalue weighted by atomic mass is 9.95. The number of hydrogen-bond acceptors (Lipinski definition) is 2. The number of hydrogen-bond donors (Lipinski definition) is 0. The summed E-state index contributed by atoms with van der Waals surface area (Å²) in [5.74, 6) is 7.55. The normalized spacial score (nSPS) is 19.9. The second-order valence-corrected chi connectivity index (χ2v) is 6.59. The van der Waals surface area contributed by atoms with E-state index >= 15 is 0 Å². The highest BCUT2D eigenvalue weighted by atomic mass is 15.2. The van der Waals surface area contributed by atoms with E-state index in [0.29, 0.717) is 0 Å². The molecule has 1 aliphatic carbocycles. The first-order valence-electron chi connectivity index (χ1n) is 8.92. The number of aliphatic imine (C=N–C) groups is 1. The summed E-state index contributed by atoms with van der Waals surface area (Å²) >= 11 is 0. The van der Waals surface area contributed by atoms with Crippen LogP contribution in [0.1, 0.15) is 44.1 Å². The predicted molar refractivity (Wildman–Crippen MR) is 99.4 cm³/mol. The highest BCUT2D eigenvalue weighted by Crippen LogP contribution is 2.29. The lowest BCUT2D eigenvalue weighted by Gasteiger charge is -2.31. The SMILES string of the molecule is C(#Cc1ccccc1)C1=CC2=NC3=C(CCCCCC3)CN2C=C1. The van der Waals surface area contributed by atoms with Crippen LogP contribution in [-0.2, 0) is 0 Å². The van der Waals surface area contributed by atoms with Gasteiger partial charge in [-0.05, 0) is 55.5 Å². The maximum Gasteiger partial charge on any atom is 0.134 e. The van der Waals surface area contributed by atoms with Crippen LogP contribution in [0.4, 0.5) is 0 Å². The lowest BCUT2D eigenvalue weighted by Crippen LogP contribution is -2.32. The Morgan fingerprint density at radius 1 is 0.917 bits per heavy atom. The van der Waals surface area contributed by atoms with Gasteiger partial charge < -0.3 is 4.90 Å². The van der Waals surface area contributed by atoms with Crippen LogP contribution in [0.25, 0.3) is 0 Å². The van der Waals surface area contributed by atoms with E-state index in [-0.39, 0.29) is 0 Å². The summed E-state index contributed by atoms with van der Waals surface area (Å²) in [7, 11) is 0. The van der Waals surface area contributed by atoms with Crippen molar-refractivity contribution >= 4 is 5.84 Å². The Morgan fingerprint density at radius 3 is 2.62 bits per heavy atom. The van der Waals surface area contributed by atoms with Gasteiger partial charge in [0.25, 0.3) is 0 Å². The molecule has 0 bridgehead atoms. The number of fused-ring (bicyclic) bond motifs is 1. The molecule has 2 heteroatoms. The van der Waals surface area contributed by atoms with Gasteiger partial charge in [-0.3, -0.25) is 0 Å². The second-order valence-electron chi connectivity index (χ2n) is 6.59. The molecule has 0 amide bonds. The van der Waals surface area contributed by atoms with Gasteiger partial charge in [0.15, 0.2) is 0 Å². The van der Waals surface area contributed by atoms with Crippen molar-refractivity contribution in [3.05, 3.63) is 71.1 Å². The first kappa shape index (κ1) is 15.0. The third-order valence-electron chi connectivity index (χ3n) is 4.80. The topological polar surface area (TPSA) is 15.6 Å². The Hall–Kier alpha value is -2.53. The van der Waals surface area contributed by atoms with Crippen molar-refractivity contribution in [2.75, 3.05) is 6.54 Å². The maximum absolute atomic E-state index is 4.96.